The van der Waals surface area contributed by atoms with Gasteiger partial charge in [0.15, 0.2) is 0 Å². The second kappa shape index (κ2) is 7.43. The number of nitrogens with one attached hydrogen (secondary N) is 1. The van der Waals surface area contributed by atoms with Gasteiger partial charge in [0, 0.05) is 17.3 Å². The van der Waals surface area contributed by atoms with Crippen molar-refractivity contribution in [1.29, 1.82) is 0 Å². The van der Waals surface area contributed by atoms with E-state index in [2.05, 4.69) is 60.1 Å². The van der Waals surface area contributed by atoms with Gasteiger partial charge in [-0.3, -0.25) is 0 Å². The second-order valence-electron chi connectivity index (χ2n) is 5.52. The first kappa shape index (κ1) is 15.1. The summed E-state index contributed by atoms with van der Waals surface area (Å²) < 4.78 is 5.66. The van der Waals surface area contributed by atoms with Crippen molar-refractivity contribution < 1.29 is 4.42 Å². The largest absolute Gasteiger partial charge is 0.469 e. The smallest absolute Gasteiger partial charge is 0.111 e. The summed E-state index contributed by atoms with van der Waals surface area (Å²) in [7, 11) is 0. The summed E-state index contributed by atoms with van der Waals surface area (Å²) in [5, 5.41) is 5.65. The standard InChI is InChI=1S/C19H21NOS/c1-15-6-8-16(9-7-15)18(19-5-2-12-21-19)10-11-20-14-17-4-3-13-22-17/h2-9,12-13,18,20H,10-11,14H2,1H3/t18-/m0/s1. The summed E-state index contributed by atoms with van der Waals surface area (Å²) in [6.45, 7) is 4.03. The highest BCUT2D eigenvalue weighted by atomic mass is 32.1. The lowest BCUT2D eigenvalue weighted by atomic mass is 9.92. The molecule has 3 heteroatoms. The summed E-state index contributed by atoms with van der Waals surface area (Å²) in [6, 6.07) is 17.1. The molecule has 0 spiro atoms. The number of furan rings is 1. The molecule has 3 rings (SSSR count). The Morgan fingerprint density at radius 3 is 2.64 bits per heavy atom. The Morgan fingerprint density at radius 2 is 1.95 bits per heavy atom. The normalized spacial score (nSPS) is 12.4. The average Bonchev–Trinajstić information content (AvgIpc) is 3.21. The molecule has 2 aromatic heterocycles. The number of benzene rings is 1. The topological polar surface area (TPSA) is 25.2 Å². The highest BCUT2D eigenvalue weighted by Crippen LogP contribution is 2.28. The van der Waals surface area contributed by atoms with E-state index in [1.54, 1.807) is 17.6 Å². The fraction of sp³-hybridized carbons (Fsp3) is 0.263. The molecule has 1 aromatic carbocycles. The summed E-state index contributed by atoms with van der Waals surface area (Å²) >= 11 is 1.80. The van der Waals surface area contributed by atoms with Crippen molar-refractivity contribution >= 4 is 11.3 Å². The third-order valence-corrected chi connectivity index (χ3v) is 4.73. The lowest BCUT2D eigenvalue weighted by Gasteiger charge is -2.16. The Labute approximate surface area is 135 Å². The van der Waals surface area contributed by atoms with Crippen molar-refractivity contribution in [2.24, 2.45) is 0 Å². The molecule has 0 aliphatic heterocycles. The molecule has 0 amide bonds. The molecule has 2 heterocycles. The van der Waals surface area contributed by atoms with Crippen molar-refractivity contribution in [1.82, 2.24) is 5.32 Å². The molecule has 22 heavy (non-hydrogen) atoms. The molecule has 0 saturated carbocycles. The van der Waals surface area contributed by atoms with Crippen molar-refractivity contribution in [3.63, 3.8) is 0 Å². The van der Waals surface area contributed by atoms with E-state index < -0.39 is 0 Å². The minimum Gasteiger partial charge on any atom is -0.469 e. The third-order valence-electron chi connectivity index (χ3n) is 3.86. The molecule has 1 N–H and O–H groups in total. The van der Waals surface area contributed by atoms with Crippen LogP contribution in [0.2, 0.25) is 0 Å². The Kier molecular flexibility index (Phi) is 5.09. The van der Waals surface area contributed by atoms with Crippen molar-refractivity contribution in [2.45, 2.75) is 25.8 Å². The number of thiophene rings is 1. The fourth-order valence-corrected chi connectivity index (χ4v) is 3.31. The minimum absolute atomic E-state index is 0.312. The number of hydrogen-bond donors (Lipinski definition) is 1. The monoisotopic (exact) mass is 311 g/mol. The van der Waals surface area contributed by atoms with E-state index in [1.807, 2.05) is 6.07 Å². The van der Waals surface area contributed by atoms with E-state index in [0.29, 0.717) is 5.92 Å². The zero-order chi connectivity index (χ0) is 15.2. The highest BCUT2D eigenvalue weighted by Gasteiger charge is 2.16. The van der Waals surface area contributed by atoms with Gasteiger partial charge in [-0.1, -0.05) is 35.9 Å². The number of hydrogen-bond acceptors (Lipinski definition) is 3. The van der Waals surface area contributed by atoms with Crippen LogP contribution < -0.4 is 5.32 Å². The van der Waals surface area contributed by atoms with Crippen molar-refractivity contribution in [3.05, 3.63) is 81.9 Å². The molecule has 0 aliphatic rings. The van der Waals surface area contributed by atoms with Crippen molar-refractivity contribution in [2.75, 3.05) is 6.54 Å². The van der Waals surface area contributed by atoms with Crippen LogP contribution in [0, 0.1) is 6.92 Å². The van der Waals surface area contributed by atoms with Gasteiger partial charge >= 0.3 is 0 Å². The molecule has 0 saturated heterocycles. The van der Waals surface area contributed by atoms with Crippen LogP contribution in [0.25, 0.3) is 0 Å². The lowest BCUT2D eigenvalue weighted by Crippen LogP contribution is -2.17. The van der Waals surface area contributed by atoms with Crippen LogP contribution in [-0.4, -0.2) is 6.54 Å². The predicted molar refractivity (Wildman–Crippen MR) is 92.4 cm³/mol. The summed E-state index contributed by atoms with van der Waals surface area (Å²) in [4.78, 5) is 1.38. The first-order chi connectivity index (χ1) is 10.8. The van der Waals surface area contributed by atoms with Gasteiger partial charge in [0.25, 0.3) is 0 Å². The molecule has 114 valence electrons. The number of aryl methyl sites for hydroxylation is 1. The van der Waals surface area contributed by atoms with E-state index in [-0.39, 0.29) is 0 Å². The van der Waals surface area contributed by atoms with E-state index in [0.717, 1.165) is 25.3 Å². The van der Waals surface area contributed by atoms with E-state index in [9.17, 15) is 0 Å². The van der Waals surface area contributed by atoms with E-state index in [4.69, 9.17) is 4.42 Å². The van der Waals surface area contributed by atoms with Crippen LogP contribution in [0.1, 0.15) is 34.1 Å². The van der Waals surface area contributed by atoms with Gasteiger partial charge in [-0.05, 0) is 49.0 Å². The molecule has 3 aromatic rings. The Morgan fingerprint density at radius 1 is 1.09 bits per heavy atom. The fourth-order valence-electron chi connectivity index (χ4n) is 2.63. The van der Waals surface area contributed by atoms with Gasteiger partial charge in [-0.2, -0.15) is 0 Å². The zero-order valence-corrected chi connectivity index (χ0v) is 13.6. The molecule has 1 atom stereocenters. The maximum atomic E-state index is 5.66. The molecule has 0 aliphatic carbocycles. The van der Waals surface area contributed by atoms with Gasteiger partial charge in [0.1, 0.15) is 5.76 Å². The highest BCUT2D eigenvalue weighted by molar-refractivity contribution is 7.09. The van der Waals surface area contributed by atoms with Gasteiger partial charge in [-0.15, -0.1) is 11.3 Å². The molecule has 0 bridgehead atoms. The first-order valence-corrected chi connectivity index (χ1v) is 8.54. The van der Waals surface area contributed by atoms with Gasteiger partial charge < -0.3 is 9.73 Å². The molecule has 2 nitrogen and oxygen atoms in total. The lowest BCUT2D eigenvalue weighted by molar-refractivity contribution is 0.466. The summed E-state index contributed by atoms with van der Waals surface area (Å²) in [5.74, 6) is 1.35. The van der Waals surface area contributed by atoms with Crippen LogP contribution in [0.3, 0.4) is 0 Å². The Hall–Kier alpha value is -1.84. The average molecular weight is 311 g/mol. The summed E-state index contributed by atoms with van der Waals surface area (Å²) in [6.07, 6.45) is 2.79. The zero-order valence-electron chi connectivity index (χ0n) is 12.8. The van der Waals surface area contributed by atoms with Crippen molar-refractivity contribution in [3.8, 4) is 0 Å². The van der Waals surface area contributed by atoms with Gasteiger partial charge in [0.05, 0.1) is 6.26 Å². The van der Waals surface area contributed by atoms with Crippen LogP contribution in [0.4, 0.5) is 0 Å². The van der Waals surface area contributed by atoms with Crippen LogP contribution in [0.5, 0.6) is 0 Å². The Balaban J connectivity index is 1.63. The third kappa shape index (κ3) is 3.87. The summed E-state index contributed by atoms with van der Waals surface area (Å²) in [5.41, 5.74) is 2.61. The second-order valence-corrected chi connectivity index (χ2v) is 6.56. The van der Waals surface area contributed by atoms with Crippen LogP contribution in [-0.2, 0) is 6.54 Å². The molecular formula is C19H21NOS. The maximum Gasteiger partial charge on any atom is 0.111 e. The predicted octanol–water partition coefficient (Wildman–Crippen LogP) is 4.96. The molecule has 0 unspecified atom stereocenters. The van der Waals surface area contributed by atoms with E-state index in [1.165, 1.54) is 16.0 Å². The molecule has 0 fully saturated rings. The van der Waals surface area contributed by atoms with Crippen LogP contribution >= 0.6 is 11.3 Å². The SMILES string of the molecule is Cc1ccc([C@H](CCNCc2cccs2)c2ccco2)cc1. The van der Waals surface area contributed by atoms with Gasteiger partial charge in [0.2, 0.25) is 0 Å². The van der Waals surface area contributed by atoms with Crippen LogP contribution in [0.15, 0.2) is 64.6 Å². The Bertz CT molecular complexity index is 656. The minimum atomic E-state index is 0.312. The molecule has 0 radical (unpaired) electrons. The number of rotatable bonds is 7. The quantitative estimate of drug-likeness (QED) is 0.624. The van der Waals surface area contributed by atoms with Gasteiger partial charge in [-0.25, -0.2) is 0 Å². The maximum absolute atomic E-state index is 5.66. The van der Waals surface area contributed by atoms with E-state index >= 15 is 0 Å². The molecular weight excluding hydrogens is 290 g/mol. The first-order valence-electron chi connectivity index (χ1n) is 7.66.